The molecule has 0 aliphatic heterocycles. The van der Waals surface area contributed by atoms with Crippen LogP contribution in [0.25, 0.3) is 0 Å². The van der Waals surface area contributed by atoms with Crippen molar-refractivity contribution in [3.8, 4) is 0 Å². The van der Waals surface area contributed by atoms with Gasteiger partial charge in [0.15, 0.2) is 0 Å². The molecule has 4 heteroatoms. The summed E-state index contributed by atoms with van der Waals surface area (Å²) in [6.07, 6.45) is 7.85. The lowest BCUT2D eigenvalue weighted by molar-refractivity contribution is 0.417. The normalized spacial score (nSPS) is 17.9. The number of nitrogens with zero attached hydrogens (tertiary/aromatic N) is 3. The van der Waals surface area contributed by atoms with Gasteiger partial charge in [0.2, 0.25) is 5.95 Å². The molecule has 0 radical (unpaired) electrons. The van der Waals surface area contributed by atoms with Crippen LogP contribution in [-0.2, 0) is 0 Å². The fraction of sp³-hybridized carbons (Fsp3) is 0.667. The van der Waals surface area contributed by atoms with Gasteiger partial charge in [-0.3, -0.25) is 0 Å². The average molecular weight is 220 g/mol. The number of rotatable bonds is 4. The SMILES string of the molecule is CC(CN)N(C)c1ncc(C2CCC2)cn1. The highest BCUT2D eigenvalue weighted by molar-refractivity contribution is 5.31. The smallest absolute Gasteiger partial charge is 0.225 e. The molecule has 1 heterocycles. The van der Waals surface area contributed by atoms with Crippen molar-refractivity contribution in [2.24, 2.45) is 5.73 Å². The van der Waals surface area contributed by atoms with Gasteiger partial charge in [0, 0.05) is 32.0 Å². The maximum Gasteiger partial charge on any atom is 0.225 e. The molecule has 0 aromatic carbocycles. The number of likely N-dealkylation sites (N-methyl/N-ethyl adjacent to an activating group) is 1. The predicted molar refractivity (Wildman–Crippen MR) is 65.5 cm³/mol. The van der Waals surface area contributed by atoms with Gasteiger partial charge in [-0.25, -0.2) is 9.97 Å². The lowest BCUT2D eigenvalue weighted by Crippen LogP contribution is -2.36. The lowest BCUT2D eigenvalue weighted by atomic mass is 9.81. The van der Waals surface area contributed by atoms with E-state index < -0.39 is 0 Å². The molecule has 2 N–H and O–H groups in total. The van der Waals surface area contributed by atoms with E-state index in [-0.39, 0.29) is 6.04 Å². The van der Waals surface area contributed by atoms with Crippen molar-refractivity contribution in [3.63, 3.8) is 0 Å². The molecule has 0 spiro atoms. The fourth-order valence-corrected chi connectivity index (χ4v) is 1.82. The Balaban J connectivity index is 2.06. The minimum absolute atomic E-state index is 0.273. The molecule has 0 saturated heterocycles. The van der Waals surface area contributed by atoms with Gasteiger partial charge in [-0.1, -0.05) is 6.42 Å². The van der Waals surface area contributed by atoms with E-state index in [1.807, 2.05) is 24.3 Å². The molecule has 2 rings (SSSR count). The van der Waals surface area contributed by atoms with E-state index in [0.717, 1.165) is 5.95 Å². The molecule has 0 amide bonds. The molecule has 88 valence electrons. The van der Waals surface area contributed by atoms with E-state index in [2.05, 4.69) is 16.9 Å². The average Bonchev–Trinajstić information content (AvgIpc) is 2.26. The molecule has 4 nitrogen and oxygen atoms in total. The number of aromatic nitrogens is 2. The summed E-state index contributed by atoms with van der Waals surface area (Å²) in [4.78, 5) is 10.8. The van der Waals surface area contributed by atoms with Crippen LogP contribution in [0, 0.1) is 0 Å². The molecule has 1 aliphatic rings. The summed E-state index contributed by atoms with van der Waals surface area (Å²) in [7, 11) is 1.98. The summed E-state index contributed by atoms with van der Waals surface area (Å²) in [6.45, 7) is 2.69. The number of nitrogens with two attached hydrogens (primary N) is 1. The van der Waals surface area contributed by atoms with Gasteiger partial charge in [-0.2, -0.15) is 0 Å². The molecule has 16 heavy (non-hydrogen) atoms. The molecule has 1 aliphatic carbocycles. The Morgan fingerprint density at radius 2 is 2.06 bits per heavy atom. The van der Waals surface area contributed by atoms with Crippen LogP contribution in [-0.4, -0.2) is 29.6 Å². The van der Waals surface area contributed by atoms with Gasteiger partial charge in [0.1, 0.15) is 0 Å². The summed E-state index contributed by atoms with van der Waals surface area (Å²) in [5.74, 6) is 1.47. The Labute approximate surface area is 96.9 Å². The number of anilines is 1. The van der Waals surface area contributed by atoms with E-state index in [9.17, 15) is 0 Å². The quantitative estimate of drug-likeness (QED) is 0.836. The Bertz CT molecular complexity index is 331. The van der Waals surface area contributed by atoms with Gasteiger partial charge >= 0.3 is 0 Å². The van der Waals surface area contributed by atoms with Crippen LogP contribution in [0.1, 0.15) is 37.7 Å². The maximum absolute atomic E-state index is 5.62. The van der Waals surface area contributed by atoms with E-state index in [0.29, 0.717) is 12.5 Å². The third-order valence-electron chi connectivity index (χ3n) is 3.55. The molecule has 1 unspecified atom stereocenters. The number of hydrogen-bond donors (Lipinski definition) is 1. The second kappa shape index (κ2) is 4.78. The molecule has 1 atom stereocenters. The van der Waals surface area contributed by atoms with Gasteiger partial charge in [-0.15, -0.1) is 0 Å². The van der Waals surface area contributed by atoms with Crippen LogP contribution in [0.2, 0.25) is 0 Å². The van der Waals surface area contributed by atoms with Crippen LogP contribution < -0.4 is 10.6 Å². The molecule has 0 bridgehead atoms. The minimum Gasteiger partial charge on any atom is -0.340 e. The molecule has 1 aromatic heterocycles. The first-order valence-corrected chi connectivity index (χ1v) is 5.97. The third-order valence-corrected chi connectivity index (χ3v) is 3.55. The Kier molecular flexibility index (Phi) is 3.39. The Morgan fingerprint density at radius 1 is 1.44 bits per heavy atom. The molecule has 1 saturated carbocycles. The monoisotopic (exact) mass is 220 g/mol. The Morgan fingerprint density at radius 3 is 2.50 bits per heavy atom. The molecular formula is C12H20N4. The van der Waals surface area contributed by atoms with Crippen molar-refractivity contribution in [1.82, 2.24) is 9.97 Å². The summed E-state index contributed by atoms with van der Waals surface area (Å²) < 4.78 is 0. The first-order chi connectivity index (χ1) is 7.72. The van der Waals surface area contributed by atoms with Crippen molar-refractivity contribution in [2.45, 2.75) is 38.1 Å². The second-order valence-electron chi connectivity index (χ2n) is 4.64. The number of hydrogen-bond acceptors (Lipinski definition) is 4. The van der Waals surface area contributed by atoms with E-state index in [4.69, 9.17) is 5.73 Å². The van der Waals surface area contributed by atoms with Gasteiger partial charge < -0.3 is 10.6 Å². The summed E-state index contributed by atoms with van der Waals surface area (Å²) in [5.41, 5.74) is 6.90. The highest BCUT2D eigenvalue weighted by atomic mass is 15.2. The summed E-state index contributed by atoms with van der Waals surface area (Å²) in [6, 6.07) is 0.273. The van der Waals surface area contributed by atoms with Crippen molar-refractivity contribution < 1.29 is 0 Å². The highest BCUT2D eigenvalue weighted by Crippen LogP contribution is 2.35. The van der Waals surface area contributed by atoms with Crippen LogP contribution >= 0.6 is 0 Å². The van der Waals surface area contributed by atoms with Crippen LogP contribution in [0.3, 0.4) is 0 Å². The van der Waals surface area contributed by atoms with E-state index >= 15 is 0 Å². The van der Waals surface area contributed by atoms with Crippen molar-refractivity contribution in [3.05, 3.63) is 18.0 Å². The summed E-state index contributed by atoms with van der Waals surface area (Å²) >= 11 is 0. The first kappa shape index (κ1) is 11.3. The van der Waals surface area contributed by atoms with Crippen molar-refractivity contribution in [2.75, 3.05) is 18.5 Å². The lowest BCUT2D eigenvalue weighted by Gasteiger charge is -2.27. The van der Waals surface area contributed by atoms with Crippen molar-refractivity contribution >= 4 is 5.95 Å². The van der Waals surface area contributed by atoms with Crippen LogP contribution in [0.5, 0.6) is 0 Å². The van der Waals surface area contributed by atoms with E-state index in [1.54, 1.807) is 0 Å². The zero-order valence-corrected chi connectivity index (χ0v) is 10.1. The topological polar surface area (TPSA) is 55.0 Å². The van der Waals surface area contributed by atoms with Gasteiger partial charge in [0.05, 0.1) is 0 Å². The van der Waals surface area contributed by atoms with Crippen molar-refractivity contribution in [1.29, 1.82) is 0 Å². The summed E-state index contributed by atoms with van der Waals surface area (Å²) in [5, 5.41) is 0. The largest absolute Gasteiger partial charge is 0.340 e. The molecular weight excluding hydrogens is 200 g/mol. The highest BCUT2D eigenvalue weighted by Gasteiger charge is 2.20. The Hall–Kier alpha value is -1.16. The minimum atomic E-state index is 0.273. The zero-order valence-electron chi connectivity index (χ0n) is 10.1. The second-order valence-corrected chi connectivity index (χ2v) is 4.64. The molecule has 1 aromatic rings. The van der Waals surface area contributed by atoms with E-state index in [1.165, 1.54) is 24.8 Å². The molecule has 1 fully saturated rings. The van der Waals surface area contributed by atoms with Crippen LogP contribution in [0.15, 0.2) is 12.4 Å². The maximum atomic E-state index is 5.62. The predicted octanol–water partition coefficient (Wildman–Crippen LogP) is 1.53. The van der Waals surface area contributed by atoms with Gasteiger partial charge in [-0.05, 0) is 31.2 Å². The first-order valence-electron chi connectivity index (χ1n) is 5.97. The van der Waals surface area contributed by atoms with Crippen LogP contribution in [0.4, 0.5) is 5.95 Å². The van der Waals surface area contributed by atoms with Gasteiger partial charge in [0.25, 0.3) is 0 Å². The zero-order chi connectivity index (χ0) is 11.5. The fourth-order valence-electron chi connectivity index (χ4n) is 1.82. The third kappa shape index (κ3) is 2.16. The standard InChI is InChI=1S/C12H20N4/c1-9(6-13)16(2)12-14-7-11(8-15-12)10-4-3-5-10/h7-10H,3-6,13H2,1-2H3.